The van der Waals surface area contributed by atoms with Gasteiger partial charge in [-0.05, 0) is 36.9 Å². The molecule has 7 nitrogen and oxygen atoms in total. The molecule has 1 saturated heterocycles. The molecule has 11 heteroatoms. The Bertz CT molecular complexity index is 1150. The van der Waals surface area contributed by atoms with Crippen LogP contribution in [0.1, 0.15) is 27.3 Å². The van der Waals surface area contributed by atoms with Crippen LogP contribution in [0.4, 0.5) is 19.0 Å². The third-order valence-corrected chi connectivity index (χ3v) is 6.71. The van der Waals surface area contributed by atoms with Gasteiger partial charge < -0.3 is 15.1 Å². The lowest BCUT2D eigenvalue weighted by Crippen LogP contribution is -2.45. The Labute approximate surface area is 212 Å². The molecule has 1 aromatic carbocycles. The first kappa shape index (κ1) is 25.9. The molecule has 1 fully saturated rings. The maximum absolute atomic E-state index is 13.5. The van der Waals surface area contributed by atoms with Crippen molar-refractivity contribution in [3.05, 3.63) is 77.2 Å². The first-order chi connectivity index (χ1) is 17.3. The van der Waals surface area contributed by atoms with E-state index in [1.54, 1.807) is 30.5 Å². The minimum atomic E-state index is -4.55. The van der Waals surface area contributed by atoms with Crippen molar-refractivity contribution in [3.8, 4) is 0 Å². The molecule has 36 heavy (non-hydrogen) atoms. The highest BCUT2D eigenvalue weighted by Gasteiger charge is 2.34. The van der Waals surface area contributed by atoms with E-state index < -0.39 is 11.9 Å². The minimum absolute atomic E-state index is 0.0788. The van der Waals surface area contributed by atoms with Crippen LogP contribution < -0.4 is 10.2 Å². The maximum atomic E-state index is 13.5. The zero-order valence-corrected chi connectivity index (χ0v) is 20.6. The van der Waals surface area contributed by atoms with Gasteiger partial charge in [-0.1, -0.05) is 30.0 Å². The number of nitrogens with one attached hydrogen (secondary N) is 1. The van der Waals surface area contributed by atoms with Crippen LogP contribution >= 0.6 is 11.8 Å². The van der Waals surface area contributed by atoms with Crippen LogP contribution in [0.5, 0.6) is 0 Å². The number of amides is 1. The van der Waals surface area contributed by atoms with Crippen molar-refractivity contribution in [2.24, 2.45) is 0 Å². The van der Waals surface area contributed by atoms with Gasteiger partial charge in [0.15, 0.2) is 10.9 Å². The Morgan fingerprint density at radius 3 is 2.47 bits per heavy atom. The smallest absolute Gasteiger partial charge is 0.354 e. The van der Waals surface area contributed by atoms with E-state index in [-0.39, 0.29) is 11.1 Å². The van der Waals surface area contributed by atoms with Gasteiger partial charge in [-0.15, -0.1) is 0 Å². The van der Waals surface area contributed by atoms with Crippen LogP contribution in [0.2, 0.25) is 0 Å². The number of aromatic nitrogens is 3. The number of halogens is 3. The van der Waals surface area contributed by atoms with E-state index in [0.29, 0.717) is 43.2 Å². The van der Waals surface area contributed by atoms with Gasteiger partial charge in [0.05, 0.1) is 0 Å². The fourth-order valence-electron chi connectivity index (χ4n) is 3.67. The number of carbonyl (C=O) groups is 1. The second-order valence-electron chi connectivity index (χ2n) is 8.49. The Morgan fingerprint density at radius 2 is 1.81 bits per heavy atom. The van der Waals surface area contributed by atoms with Crippen molar-refractivity contribution < 1.29 is 18.0 Å². The number of rotatable bonds is 8. The summed E-state index contributed by atoms with van der Waals surface area (Å²) in [5.74, 6) is 0.485. The summed E-state index contributed by atoms with van der Waals surface area (Å²) in [5.41, 5.74) is 1.33. The van der Waals surface area contributed by atoms with Crippen LogP contribution in [0.25, 0.3) is 0 Å². The fraction of sp³-hybridized carbons (Fsp3) is 0.360. The number of benzene rings is 1. The monoisotopic (exact) mass is 516 g/mol. The first-order valence-corrected chi connectivity index (χ1v) is 12.6. The van der Waals surface area contributed by atoms with Crippen molar-refractivity contribution in [2.45, 2.75) is 23.5 Å². The van der Waals surface area contributed by atoms with E-state index in [1.165, 1.54) is 0 Å². The molecule has 3 aromatic rings. The van der Waals surface area contributed by atoms with Crippen LogP contribution in [-0.2, 0) is 18.3 Å². The number of thioether (sulfide) groups is 1. The third-order valence-electron chi connectivity index (χ3n) is 5.79. The second kappa shape index (κ2) is 11.7. The molecule has 0 bridgehead atoms. The Balaban J connectivity index is 1.36. The Kier molecular flexibility index (Phi) is 8.42. The van der Waals surface area contributed by atoms with Crippen LogP contribution in [0, 0.1) is 0 Å². The van der Waals surface area contributed by atoms with Crippen molar-refractivity contribution in [1.29, 1.82) is 0 Å². The summed E-state index contributed by atoms with van der Waals surface area (Å²) in [7, 11) is 1.98. The predicted octanol–water partition coefficient (Wildman–Crippen LogP) is 3.91. The first-order valence-electron chi connectivity index (χ1n) is 11.6. The lowest BCUT2D eigenvalue weighted by Gasteiger charge is -2.33. The molecule has 0 unspecified atom stereocenters. The van der Waals surface area contributed by atoms with E-state index in [9.17, 15) is 18.0 Å². The predicted molar refractivity (Wildman–Crippen MR) is 133 cm³/mol. The van der Waals surface area contributed by atoms with Gasteiger partial charge in [0, 0.05) is 68.4 Å². The largest absolute Gasteiger partial charge is 0.433 e. The van der Waals surface area contributed by atoms with Crippen molar-refractivity contribution in [3.63, 3.8) is 0 Å². The number of alkyl halides is 3. The number of likely N-dealkylation sites (N-methyl/N-ethyl adjacent to an activating group) is 1. The normalized spacial score (nSPS) is 14.6. The molecular weight excluding hydrogens is 489 g/mol. The number of carbonyl (C=O) groups excluding carboxylic acids is 1. The number of pyridine rings is 1. The lowest BCUT2D eigenvalue weighted by atomic mass is 10.1. The number of hydrogen-bond acceptors (Lipinski definition) is 7. The molecule has 0 saturated carbocycles. The van der Waals surface area contributed by atoms with Gasteiger partial charge >= 0.3 is 6.18 Å². The number of anilines is 1. The van der Waals surface area contributed by atoms with Crippen molar-refractivity contribution in [2.75, 3.05) is 44.7 Å². The summed E-state index contributed by atoms with van der Waals surface area (Å²) in [6.45, 7) is 3.21. The van der Waals surface area contributed by atoms with Crippen LogP contribution in [0.3, 0.4) is 0 Å². The van der Waals surface area contributed by atoms with E-state index in [0.717, 1.165) is 42.2 Å². The van der Waals surface area contributed by atoms with Gasteiger partial charge in [0.25, 0.3) is 5.91 Å². The molecule has 1 amide bonds. The molecular formula is C25H27F3N6OS. The molecule has 190 valence electrons. The topological polar surface area (TPSA) is 74.2 Å². The van der Waals surface area contributed by atoms with Gasteiger partial charge in [0.1, 0.15) is 5.82 Å². The van der Waals surface area contributed by atoms with Gasteiger partial charge in [0.2, 0.25) is 0 Å². The maximum Gasteiger partial charge on any atom is 0.433 e. The molecule has 4 rings (SSSR count). The van der Waals surface area contributed by atoms with E-state index >= 15 is 0 Å². The zero-order chi connectivity index (χ0) is 25.5. The quantitative estimate of drug-likeness (QED) is 0.360. The highest BCUT2D eigenvalue weighted by Crippen LogP contribution is 2.32. The Hall–Kier alpha value is -3.18. The van der Waals surface area contributed by atoms with E-state index in [4.69, 9.17) is 0 Å². The summed E-state index contributed by atoms with van der Waals surface area (Å²) in [6, 6.07) is 13.7. The number of hydrogen-bond donors (Lipinski definition) is 1. The summed E-state index contributed by atoms with van der Waals surface area (Å²) in [4.78, 5) is 28.8. The lowest BCUT2D eigenvalue weighted by molar-refractivity contribution is -0.141. The van der Waals surface area contributed by atoms with Gasteiger partial charge in [-0.3, -0.25) is 9.78 Å². The molecule has 0 atom stereocenters. The standard InChI is InChI=1S/C25H27F3N6OS/c1-33-12-14-34(15-13-33)22-16-21(25(26,27)28)31-24(32-22)36-17-18-5-7-19(8-6-18)23(35)30-11-9-20-4-2-3-10-29-20/h2-8,10,16H,9,11-15,17H2,1H3,(H,30,35). The molecule has 3 heterocycles. The molecule has 0 spiro atoms. The average molecular weight is 517 g/mol. The zero-order valence-electron chi connectivity index (χ0n) is 19.8. The van der Waals surface area contributed by atoms with Crippen LogP contribution in [0.15, 0.2) is 59.9 Å². The highest BCUT2D eigenvalue weighted by molar-refractivity contribution is 7.98. The minimum Gasteiger partial charge on any atom is -0.354 e. The fourth-order valence-corrected chi connectivity index (χ4v) is 4.48. The molecule has 2 aromatic heterocycles. The summed E-state index contributed by atoms with van der Waals surface area (Å²) < 4.78 is 40.4. The van der Waals surface area contributed by atoms with Crippen LogP contribution in [-0.4, -0.2) is 65.5 Å². The number of piperazine rings is 1. The SMILES string of the molecule is CN1CCN(c2cc(C(F)(F)F)nc(SCc3ccc(C(=O)NCCc4ccccn4)cc3)n2)CC1. The molecule has 1 aliphatic rings. The van der Waals surface area contributed by atoms with Gasteiger partial charge in [-0.25, -0.2) is 9.97 Å². The van der Waals surface area contributed by atoms with Crippen molar-refractivity contribution in [1.82, 2.24) is 25.2 Å². The molecule has 1 N–H and O–H groups in total. The molecule has 0 radical (unpaired) electrons. The summed E-state index contributed by atoms with van der Waals surface area (Å²) >= 11 is 1.14. The average Bonchev–Trinajstić information content (AvgIpc) is 2.88. The molecule has 0 aliphatic carbocycles. The highest BCUT2D eigenvalue weighted by atomic mass is 32.2. The summed E-state index contributed by atoms with van der Waals surface area (Å²) in [5, 5.41) is 2.95. The number of nitrogens with zero attached hydrogens (tertiary/aromatic N) is 5. The summed E-state index contributed by atoms with van der Waals surface area (Å²) in [6.07, 6.45) is -2.20. The van der Waals surface area contributed by atoms with Gasteiger partial charge in [-0.2, -0.15) is 13.2 Å². The van der Waals surface area contributed by atoms with Crippen molar-refractivity contribution >= 4 is 23.5 Å². The third kappa shape index (κ3) is 7.17. The second-order valence-corrected chi connectivity index (χ2v) is 9.44. The van der Waals surface area contributed by atoms with E-state index in [1.807, 2.05) is 30.1 Å². The van der Waals surface area contributed by atoms with E-state index in [2.05, 4.69) is 25.2 Å². The molecule has 1 aliphatic heterocycles. The Morgan fingerprint density at radius 1 is 1.06 bits per heavy atom.